The second-order valence-corrected chi connectivity index (χ2v) is 11.3. The number of benzene rings is 2. The predicted molar refractivity (Wildman–Crippen MR) is 122 cm³/mol. The molecule has 0 aromatic heterocycles. The number of carbonyl (C=O) groups excluding carboxylic acids is 2. The molecular weight excluding hydrogens is 468 g/mol. The van der Waals surface area contributed by atoms with Gasteiger partial charge >= 0.3 is 0 Å². The molecule has 0 radical (unpaired) electrons. The van der Waals surface area contributed by atoms with E-state index in [-0.39, 0.29) is 37.1 Å². The molecule has 1 saturated heterocycles. The van der Waals surface area contributed by atoms with Gasteiger partial charge in [-0.1, -0.05) is 23.7 Å². The van der Waals surface area contributed by atoms with Gasteiger partial charge in [-0.05, 0) is 61.2 Å². The van der Waals surface area contributed by atoms with Gasteiger partial charge in [-0.2, -0.15) is 0 Å². The second kappa shape index (κ2) is 9.32. The molecule has 2 aromatic rings. The topological polar surface area (TPSA) is 113 Å². The van der Waals surface area contributed by atoms with Crippen LogP contribution in [0, 0.1) is 5.92 Å². The van der Waals surface area contributed by atoms with Gasteiger partial charge in [0.1, 0.15) is 16.2 Å². The third-order valence-corrected chi connectivity index (χ3v) is 9.00. The van der Waals surface area contributed by atoms with Gasteiger partial charge in [-0.15, -0.1) is 0 Å². The number of sulfone groups is 1. The highest BCUT2D eigenvalue weighted by Crippen LogP contribution is 2.42. The van der Waals surface area contributed by atoms with Gasteiger partial charge in [0.2, 0.25) is 11.8 Å². The van der Waals surface area contributed by atoms with Crippen molar-refractivity contribution < 1.29 is 28.0 Å². The summed E-state index contributed by atoms with van der Waals surface area (Å²) >= 11 is 5.89. The standard InChI is InChI=1S/C23H25ClN2O6S/c24-18-5-9-20(10-6-18)32-19-7-3-17(4-8-19)23(15-21(27)25-29)11-12-26(13-14-33(23,30)31)22(28)16-1-2-16/h3-10,16,29H,1-2,11-15H2,(H,25,27)/t23-/m0/s1. The Kier molecular flexibility index (Phi) is 6.65. The number of rotatable bonds is 6. The summed E-state index contributed by atoms with van der Waals surface area (Å²) in [5.74, 6) is -0.0588. The lowest BCUT2D eigenvalue weighted by Gasteiger charge is -2.32. The van der Waals surface area contributed by atoms with E-state index in [1.54, 1.807) is 58.9 Å². The molecule has 2 aromatic carbocycles. The number of hydrogen-bond donors (Lipinski definition) is 2. The van der Waals surface area contributed by atoms with E-state index in [4.69, 9.17) is 21.5 Å². The Balaban J connectivity index is 1.64. The van der Waals surface area contributed by atoms with Crippen molar-refractivity contribution in [1.82, 2.24) is 10.4 Å². The fourth-order valence-electron chi connectivity index (χ4n) is 4.21. The molecule has 2 amide bonds. The first-order chi connectivity index (χ1) is 15.7. The average molecular weight is 493 g/mol. The zero-order chi connectivity index (χ0) is 23.6. The van der Waals surface area contributed by atoms with Gasteiger partial charge in [0.25, 0.3) is 0 Å². The molecule has 4 rings (SSSR count). The Labute approximate surface area is 197 Å². The molecule has 1 aliphatic heterocycles. The number of ether oxygens (including phenoxy) is 1. The first kappa shape index (κ1) is 23.5. The number of carbonyl (C=O) groups is 2. The van der Waals surface area contributed by atoms with Crippen LogP contribution in [-0.4, -0.2) is 49.2 Å². The zero-order valence-corrected chi connectivity index (χ0v) is 19.4. The molecule has 1 saturated carbocycles. The summed E-state index contributed by atoms with van der Waals surface area (Å²) in [6, 6.07) is 13.3. The largest absolute Gasteiger partial charge is 0.457 e. The number of nitrogens with one attached hydrogen (secondary N) is 1. The van der Waals surface area contributed by atoms with Crippen LogP contribution in [0.3, 0.4) is 0 Å². The number of hydrogen-bond acceptors (Lipinski definition) is 6. The molecule has 1 atom stereocenters. The van der Waals surface area contributed by atoms with Crippen LogP contribution >= 0.6 is 11.6 Å². The first-order valence-corrected chi connectivity index (χ1v) is 12.8. The average Bonchev–Trinajstić information content (AvgIpc) is 3.65. The van der Waals surface area contributed by atoms with Gasteiger partial charge in [-0.25, -0.2) is 13.9 Å². The molecule has 0 spiro atoms. The van der Waals surface area contributed by atoms with Gasteiger partial charge in [0, 0.05) is 24.0 Å². The lowest BCUT2D eigenvalue weighted by Crippen LogP contribution is -2.42. The van der Waals surface area contributed by atoms with Crippen LogP contribution < -0.4 is 10.2 Å². The Morgan fingerprint density at radius 1 is 1.06 bits per heavy atom. The van der Waals surface area contributed by atoms with Crippen molar-refractivity contribution in [3.05, 3.63) is 59.1 Å². The lowest BCUT2D eigenvalue weighted by atomic mass is 9.90. The van der Waals surface area contributed by atoms with Crippen molar-refractivity contribution in [2.45, 2.75) is 30.4 Å². The summed E-state index contributed by atoms with van der Waals surface area (Å²) in [5, 5.41) is 9.71. The molecule has 0 unspecified atom stereocenters. The molecule has 1 aliphatic carbocycles. The summed E-state index contributed by atoms with van der Waals surface area (Å²) in [6.07, 6.45) is 1.26. The SMILES string of the molecule is O=C(C[C@]1(c2ccc(Oc3ccc(Cl)cc3)cc2)CCN(C(=O)C2CC2)CCS1(=O)=O)NO. The van der Waals surface area contributed by atoms with E-state index < -0.39 is 26.9 Å². The summed E-state index contributed by atoms with van der Waals surface area (Å²) in [5.41, 5.74) is 1.97. The van der Waals surface area contributed by atoms with Crippen molar-refractivity contribution in [3.63, 3.8) is 0 Å². The first-order valence-electron chi connectivity index (χ1n) is 10.7. The maximum atomic E-state index is 13.5. The van der Waals surface area contributed by atoms with Crippen LogP contribution in [0.1, 0.15) is 31.2 Å². The minimum absolute atomic E-state index is 0.0229. The van der Waals surface area contributed by atoms with Crippen LogP contribution in [0.25, 0.3) is 0 Å². The monoisotopic (exact) mass is 492 g/mol. The smallest absolute Gasteiger partial charge is 0.245 e. The summed E-state index contributed by atoms with van der Waals surface area (Å²) < 4.78 is 31.2. The van der Waals surface area contributed by atoms with E-state index >= 15 is 0 Å². The van der Waals surface area contributed by atoms with E-state index in [0.29, 0.717) is 22.1 Å². The van der Waals surface area contributed by atoms with Crippen LogP contribution in [0.2, 0.25) is 5.02 Å². The van der Waals surface area contributed by atoms with Crippen LogP contribution in [0.15, 0.2) is 48.5 Å². The summed E-state index contributed by atoms with van der Waals surface area (Å²) in [4.78, 5) is 26.4. The van der Waals surface area contributed by atoms with Crippen molar-refractivity contribution >= 4 is 33.3 Å². The Bertz CT molecular complexity index is 1130. The third kappa shape index (κ3) is 5.00. The number of nitrogens with zero attached hydrogens (tertiary/aromatic N) is 1. The van der Waals surface area contributed by atoms with Crippen molar-refractivity contribution in [3.8, 4) is 11.5 Å². The number of hydroxylamine groups is 1. The summed E-state index contributed by atoms with van der Waals surface area (Å²) in [6.45, 7) is 0.314. The Hall–Kier alpha value is -2.62. The molecule has 10 heteroatoms. The van der Waals surface area contributed by atoms with E-state index in [2.05, 4.69) is 0 Å². The molecule has 0 bridgehead atoms. The Morgan fingerprint density at radius 3 is 2.24 bits per heavy atom. The second-order valence-electron chi connectivity index (χ2n) is 8.45. The number of halogens is 1. The predicted octanol–water partition coefficient (Wildman–Crippen LogP) is 3.28. The molecule has 2 N–H and O–H groups in total. The molecule has 33 heavy (non-hydrogen) atoms. The maximum absolute atomic E-state index is 13.5. The van der Waals surface area contributed by atoms with E-state index in [1.807, 2.05) is 0 Å². The number of amides is 2. The van der Waals surface area contributed by atoms with Gasteiger partial charge < -0.3 is 9.64 Å². The van der Waals surface area contributed by atoms with E-state index in [0.717, 1.165) is 12.8 Å². The molecule has 176 valence electrons. The normalized spacial score (nSPS) is 22.3. The quantitative estimate of drug-likeness (QED) is 0.472. The fourth-order valence-corrected chi connectivity index (χ4v) is 6.43. The zero-order valence-electron chi connectivity index (χ0n) is 17.9. The van der Waals surface area contributed by atoms with Gasteiger partial charge in [-0.3, -0.25) is 14.8 Å². The molecular formula is C23H25ClN2O6S. The van der Waals surface area contributed by atoms with Gasteiger partial charge in [0.05, 0.1) is 12.2 Å². The van der Waals surface area contributed by atoms with E-state index in [1.165, 1.54) is 0 Å². The highest BCUT2D eigenvalue weighted by atomic mass is 35.5. The van der Waals surface area contributed by atoms with Crippen molar-refractivity contribution in [2.75, 3.05) is 18.8 Å². The molecule has 2 aliphatic rings. The lowest BCUT2D eigenvalue weighted by molar-refractivity contribution is -0.132. The van der Waals surface area contributed by atoms with Crippen LogP contribution in [0.5, 0.6) is 11.5 Å². The van der Waals surface area contributed by atoms with Crippen molar-refractivity contribution in [2.24, 2.45) is 5.92 Å². The highest BCUT2D eigenvalue weighted by molar-refractivity contribution is 7.92. The van der Waals surface area contributed by atoms with Crippen molar-refractivity contribution in [1.29, 1.82) is 0 Å². The highest BCUT2D eigenvalue weighted by Gasteiger charge is 2.49. The Morgan fingerprint density at radius 2 is 1.67 bits per heavy atom. The van der Waals surface area contributed by atoms with Crippen LogP contribution in [0.4, 0.5) is 0 Å². The minimum Gasteiger partial charge on any atom is -0.457 e. The molecule has 1 heterocycles. The molecule has 8 nitrogen and oxygen atoms in total. The fraction of sp³-hybridized carbons (Fsp3) is 0.391. The minimum atomic E-state index is -3.85. The van der Waals surface area contributed by atoms with Crippen LogP contribution in [-0.2, 0) is 24.2 Å². The summed E-state index contributed by atoms with van der Waals surface area (Å²) in [7, 11) is -3.85. The van der Waals surface area contributed by atoms with Gasteiger partial charge in [0.15, 0.2) is 9.84 Å². The van der Waals surface area contributed by atoms with E-state index in [9.17, 15) is 18.0 Å². The maximum Gasteiger partial charge on any atom is 0.245 e. The molecule has 2 fully saturated rings. The third-order valence-electron chi connectivity index (χ3n) is 6.25.